The molecule has 2 aliphatic heterocycles. The second-order valence-electron chi connectivity index (χ2n) is 9.10. The number of sulfonamides is 1. The van der Waals surface area contributed by atoms with Crippen molar-refractivity contribution in [2.45, 2.75) is 31.7 Å². The van der Waals surface area contributed by atoms with Crippen LogP contribution in [-0.2, 0) is 21.3 Å². The number of nitrogens with zero attached hydrogens (tertiary/aromatic N) is 3. The highest BCUT2D eigenvalue weighted by atomic mass is 32.2. The highest BCUT2D eigenvalue weighted by Crippen LogP contribution is 2.26. The van der Waals surface area contributed by atoms with Gasteiger partial charge in [-0.1, -0.05) is 19.9 Å². The highest BCUT2D eigenvalue weighted by Gasteiger charge is 2.31. The second kappa shape index (κ2) is 10.2. The Hall–Kier alpha value is -2.49. The summed E-state index contributed by atoms with van der Waals surface area (Å²) in [5.74, 6) is 1.33. The lowest BCUT2D eigenvalue weighted by molar-refractivity contribution is 0.0950. The maximum atomic E-state index is 13.0. The number of amides is 1. The van der Waals surface area contributed by atoms with Crippen LogP contribution in [0.15, 0.2) is 47.5 Å². The first kappa shape index (κ1) is 23.7. The van der Waals surface area contributed by atoms with Crippen molar-refractivity contribution in [2.24, 2.45) is 11.8 Å². The van der Waals surface area contributed by atoms with Gasteiger partial charge in [-0.2, -0.15) is 4.31 Å². The molecule has 8 nitrogen and oxygen atoms in total. The van der Waals surface area contributed by atoms with Gasteiger partial charge >= 0.3 is 0 Å². The average molecular weight is 473 g/mol. The van der Waals surface area contributed by atoms with Crippen LogP contribution in [0.4, 0.5) is 5.82 Å². The third-order valence-corrected chi connectivity index (χ3v) is 8.03. The van der Waals surface area contributed by atoms with Crippen LogP contribution >= 0.6 is 0 Å². The predicted molar refractivity (Wildman–Crippen MR) is 127 cm³/mol. The fraction of sp³-hybridized carbons (Fsp3) is 0.500. The number of anilines is 1. The zero-order valence-electron chi connectivity index (χ0n) is 19.2. The Bertz CT molecular complexity index is 1040. The largest absolute Gasteiger partial charge is 0.378 e. The molecule has 0 radical (unpaired) electrons. The van der Waals surface area contributed by atoms with E-state index in [-0.39, 0.29) is 10.8 Å². The molecule has 178 valence electrons. The number of carbonyl (C=O) groups excluding carboxylic acids is 1. The minimum absolute atomic E-state index is 0.225. The van der Waals surface area contributed by atoms with Crippen molar-refractivity contribution < 1.29 is 17.9 Å². The monoisotopic (exact) mass is 472 g/mol. The SMILES string of the molecule is C[C@H]1C[C@H](C)CN(S(=O)(=O)c2ccc(C(=O)NCc3ccc(N4CCOCC4)nc3)cc2)C1. The number of hydrogen-bond donors (Lipinski definition) is 1. The molecule has 33 heavy (non-hydrogen) atoms. The van der Waals surface area contributed by atoms with E-state index in [2.05, 4.69) is 29.0 Å². The fourth-order valence-corrected chi connectivity index (χ4v) is 6.19. The van der Waals surface area contributed by atoms with Crippen molar-refractivity contribution in [3.05, 3.63) is 53.7 Å². The summed E-state index contributed by atoms with van der Waals surface area (Å²) in [6, 6.07) is 10.1. The van der Waals surface area contributed by atoms with Gasteiger partial charge in [0, 0.05) is 44.5 Å². The number of nitrogens with one attached hydrogen (secondary N) is 1. The molecule has 3 heterocycles. The van der Waals surface area contributed by atoms with E-state index >= 15 is 0 Å². The van der Waals surface area contributed by atoms with Crippen LogP contribution in [0.5, 0.6) is 0 Å². The molecule has 2 saturated heterocycles. The molecule has 2 aliphatic rings. The first-order valence-corrected chi connectivity index (χ1v) is 12.9. The van der Waals surface area contributed by atoms with Gasteiger partial charge in [-0.3, -0.25) is 4.79 Å². The lowest BCUT2D eigenvalue weighted by Crippen LogP contribution is -2.42. The molecule has 0 spiro atoms. The molecular formula is C24H32N4O4S. The van der Waals surface area contributed by atoms with Crippen LogP contribution in [0.25, 0.3) is 0 Å². The Morgan fingerprint density at radius 2 is 1.73 bits per heavy atom. The summed E-state index contributed by atoms with van der Waals surface area (Å²) in [6.45, 7) is 8.63. The normalized spacial score (nSPS) is 22.2. The summed E-state index contributed by atoms with van der Waals surface area (Å²) >= 11 is 0. The number of hydrogen-bond acceptors (Lipinski definition) is 6. The van der Waals surface area contributed by atoms with Crippen LogP contribution in [0.3, 0.4) is 0 Å². The fourth-order valence-electron chi connectivity index (χ4n) is 4.51. The Balaban J connectivity index is 1.34. The molecule has 9 heteroatoms. The molecule has 2 atom stereocenters. The van der Waals surface area contributed by atoms with Gasteiger partial charge in [-0.05, 0) is 54.2 Å². The van der Waals surface area contributed by atoms with E-state index < -0.39 is 10.0 Å². The maximum absolute atomic E-state index is 13.0. The van der Waals surface area contributed by atoms with Gasteiger partial charge < -0.3 is 15.0 Å². The van der Waals surface area contributed by atoms with Gasteiger partial charge in [0.2, 0.25) is 10.0 Å². The molecule has 1 aromatic carbocycles. The third-order valence-electron chi connectivity index (χ3n) is 6.19. The molecule has 1 N–H and O–H groups in total. The van der Waals surface area contributed by atoms with Gasteiger partial charge in [0.15, 0.2) is 0 Å². The van der Waals surface area contributed by atoms with E-state index in [1.807, 2.05) is 12.1 Å². The lowest BCUT2D eigenvalue weighted by Gasteiger charge is -2.34. The predicted octanol–water partition coefficient (Wildman–Crippen LogP) is 2.51. The van der Waals surface area contributed by atoms with E-state index in [4.69, 9.17) is 4.74 Å². The molecule has 2 aromatic rings. The summed E-state index contributed by atoms with van der Waals surface area (Å²) in [6.07, 6.45) is 2.80. The van der Waals surface area contributed by atoms with E-state index in [0.29, 0.717) is 50.2 Å². The zero-order valence-corrected chi connectivity index (χ0v) is 20.1. The maximum Gasteiger partial charge on any atom is 0.251 e. The molecule has 0 unspecified atom stereocenters. The summed E-state index contributed by atoms with van der Waals surface area (Å²) in [5.41, 5.74) is 1.32. The van der Waals surface area contributed by atoms with Crippen LogP contribution in [0.1, 0.15) is 36.2 Å². The number of morpholine rings is 1. The van der Waals surface area contributed by atoms with Crippen LogP contribution in [-0.4, -0.2) is 63.0 Å². The Labute approximate surface area is 196 Å². The molecular weight excluding hydrogens is 440 g/mol. The number of carbonyl (C=O) groups is 1. The average Bonchev–Trinajstić information content (AvgIpc) is 2.83. The van der Waals surface area contributed by atoms with E-state index in [1.165, 1.54) is 12.1 Å². The minimum atomic E-state index is -3.56. The summed E-state index contributed by atoms with van der Waals surface area (Å²) in [7, 11) is -3.56. The van der Waals surface area contributed by atoms with Crippen molar-refractivity contribution >= 4 is 21.7 Å². The number of piperidine rings is 1. The molecule has 0 saturated carbocycles. The highest BCUT2D eigenvalue weighted by molar-refractivity contribution is 7.89. The quantitative estimate of drug-likeness (QED) is 0.695. The van der Waals surface area contributed by atoms with E-state index in [9.17, 15) is 13.2 Å². The van der Waals surface area contributed by atoms with E-state index in [0.717, 1.165) is 30.9 Å². The Morgan fingerprint density at radius 1 is 1.06 bits per heavy atom. The summed E-state index contributed by atoms with van der Waals surface area (Å²) < 4.78 is 33.0. The summed E-state index contributed by atoms with van der Waals surface area (Å²) in [5, 5.41) is 2.88. The van der Waals surface area contributed by atoms with Crippen molar-refractivity contribution in [1.29, 1.82) is 0 Å². The number of aromatic nitrogens is 1. The van der Waals surface area contributed by atoms with Gasteiger partial charge in [0.1, 0.15) is 5.82 Å². The second-order valence-corrected chi connectivity index (χ2v) is 11.0. The smallest absolute Gasteiger partial charge is 0.251 e. The van der Waals surface area contributed by atoms with Gasteiger partial charge in [-0.15, -0.1) is 0 Å². The van der Waals surface area contributed by atoms with E-state index in [1.54, 1.807) is 22.6 Å². The number of pyridine rings is 1. The topological polar surface area (TPSA) is 91.8 Å². The van der Waals surface area contributed by atoms with Crippen molar-refractivity contribution in [2.75, 3.05) is 44.3 Å². The minimum Gasteiger partial charge on any atom is -0.378 e. The molecule has 1 aromatic heterocycles. The van der Waals surface area contributed by atoms with Crippen LogP contribution in [0.2, 0.25) is 0 Å². The van der Waals surface area contributed by atoms with Crippen molar-refractivity contribution in [3.8, 4) is 0 Å². The number of ether oxygens (including phenoxy) is 1. The van der Waals surface area contributed by atoms with Crippen LogP contribution < -0.4 is 10.2 Å². The standard InChI is InChI=1S/C24H32N4O4S/c1-18-13-19(2)17-28(16-18)33(30,31)22-6-4-21(5-7-22)24(29)26-15-20-3-8-23(25-14-20)27-9-11-32-12-10-27/h3-8,14,18-19H,9-13,15-17H2,1-2H3,(H,26,29)/t18-,19-/m0/s1. The number of benzene rings is 1. The van der Waals surface area contributed by atoms with Gasteiger partial charge in [0.25, 0.3) is 5.91 Å². The molecule has 0 aliphatic carbocycles. The lowest BCUT2D eigenvalue weighted by atomic mass is 9.94. The zero-order chi connectivity index (χ0) is 23.4. The van der Waals surface area contributed by atoms with Gasteiger partial charge in [-0.25, -0.2) is 13.4 Å². The van der Waals surface area contributed by atoms with Crippen molar-refractivity contribution in [3.63, 3.8) is 0 Å². The molecule has 2 fully saturated rings. The number of rotatable bonds is 6. The molecule has 0 bridgehead atoms. The first-order chi connectivity index (χ1) is 15.8. The first-order valence-electron chi connectivity index (χ1n) is 11.5. The van der Waals surface area contributed by atoms with Crippen molar-refractivity contribution in [1.82, 2.24) is 14.6 Å². The van der Waals surface area contributed by atoms with Gasteiger partial charge in [0.05, 0.1) is 18.1 Å². The Morgan fingerprint density at radius 3 is 2.33 bits per heavy atom. The molecule has 1 amide bonds. The third kappa shape index (κ3) is 5.72. The molecule has 4 rings (SSSR count). The summed E-state index contributed by atoms with van der Waals surface area (Å²) in [4.78, 5) is 19.5. The van der Waals surface area contributed by atoms with Crippen LogP contribution in [0, 0.1) is 11.8 Å². The Kier molecular flexibility index (Phi) is 7.31.